The van der Waals surface area contributed by atoms with Gasteiger partial charge < -0.3 is 20.4 Å². The van der Waals surface area contributed by atoms with E-state index in [0.29, 0.717) is 13.1 Å². The largest absolute Gasteiger partial charge is 0.396 e. The van der Waals surface area contributed by atoms with Gasteiger partial charge in [-0.3, -0.25) is 0 Å². The molecule has 0 aliphatic heterocycles. The van der Waals surface area contributed by atoms with E-state index in [0.717, 1.165) is 0 Å². The molecule has 136 valence electrons. The van der Waals surface area contributed by atoms with Gasteiger partial charge in [0.25, 0.3) is 0 Å². The molecule has 0 aliphatic carbocycles. The lowest BCUT2D eigenvalue weighted by Crippen LogP contribution is -2.38. The Kier molecular flexibility index (Phi) is 9.18. The smallest absolute Gasteiger partial charge is 0.0892 e. The summed E-state index contributed by atoms with van der Waals surface area (Å²) in [7, 11) is 0. The number of hydrogen-bond acceptors (Lipinski definition) is 6. The molecule has 0 saturated heterocycles. The first-order valence-corrected chi connectivity index (χ1v) is 8.15. The quantitative estimate of drug-likeness (QED) is 0.451. The van der Waals surface area contributed by atoms with E-state index in [1.54, 1.807) is 27.7 Å². The molecule has 6 heteroatoms. The maximum atomic E-state index is 10.1. The molecule has 6 nitrogen and oxygen atoms in total. The number of rotatable bonds is 10. The summed E-state index contributed by atoms with van der Waals surface area (Å²) in [6, 6.07) is 2.60. The van der Waals surface area contributed by atoms with E-state index in [2.05, 4.69) is 16.0 Å². The molecule has 0 aromatic heterocycles. The fourth-order valence-corrected chi connectivity index (χ4v) is 2.35. The molecule has 4 N–H and O–H groups in total. The summed E-state index contributed by atoms with van der Waals surface area (Å²) < 4.78 is 0. The minimum atomic E-state index is -0.663. The molecule has 0 amide bonds. The van der Waals surface area contributed by atoms with Crippen molar-refractivity contribution in [3.8, 4) is 0 Å². The highest BCUT2D eigenvalue weighted by Crippen LogP contribution is 2.26. The van der Waals surface area contributed by atoms with Crippen molar-refractivity contribution in [3.05, 3.63) is 0 Å². The molecule has 0 spiro atoms. The fourth-order valence-electron chi connectivity index (χ4n) is 2.35. The molecule has 0 aromatic carbocycles. The van der Waals surface area contributed by atoms with Gasteiger partial charge in [-0.25, -0.2) is 9.98 Å². The summed E-state index contributed by atoms with van der Waals surface area (Å²) in [6.07, 6.45) is -1.33. The monoisotopic (exact) mass is 330 g/mol. The van der Waals surface area contributed by atoms with Gasteiger partial charge in [0, 0.05) is 22.7 Å². The minimum Gasteiger partial charge on any atom is -0.396 e. The maximum absolute atomic E-state index is 10.1. The Morgan fingerprint density at radius 1 is 0.783 bits per heavy atom. The zero-order valence-corrected chi connectivity index (χ0v) is 15.3. The van der Waals surface area contributed by atoms with Crippen LogP contribution >= 0.6 is 0 Å². The van der Waals surface area contributed by atoms with Crippen molar-refractivity contribution in [2.24, 2.45) is 32.7 Å². The molecule has 0 saturated carbocycles. The van der Waals surface area contributed by atoms with Gasteiger partial charge in [-0.1, -0.05) is 41.5 Å². The van der Waals surface area contributed by atoms with Gasteiger partial charge in [0.15, 0.2) is 0 Å². The average molecular weight is 330 g/mol. The van der Waals surface area contributed by atoms with E-state index in [4.69, 9.17) is 0 Å². The van der Waals surface area contributed by atoms with Crippen molar-refractivity contribution < 1.29 is 20.4 Å². The Morgan fingerprint density at radius 3 is 1.35 bits per heavy atom. The third-order valence-corrected chi connectivity index (χ3v) is 4.39. The van der Waals surface area contributed by atoms with Crippen LogP contribution in [0.1, 0.15) is 41.5 Å². The van der Waals surface area contributed by atoms with Gasteiger partial charge in [0.1, 0.15) is 0 Å². The Bertz CT molecular complexity index is 369. The number of aliphatic imine (C=N–C) groups is 2. The number of hydrogen-bond donors (Lipinski definition) is 4. The van der Waals surface area contributed by atoms with Gasteiger partial charge in [-0.05, 0) is 0 Å². The molecule has 0 aliphatic rings. The molecule has 0 fully saturated rings. The molecule has 0 radical (unpaired) electrons. The summed E-state index contributed by atoms with van der Waals surface area (Å²) in [4.78, 5) is 8.13. The highest BCUT2D eigenvalue weighted by molar-refractivity contribution is 5.41. The molecular weight excluding hydrogens is 296 g/mol. The Hall–Kier alpha value is -0.780. The lowest BCUT2D eigenvalue weighted by molar-refractivity contribution is -0.0227. The normalized spacial score (nSPS) is 17.8. The van der Waals surface area contributed by atoms with Crippen LogP contribution in [-0.2, 0) is 0 Å². The van der Waals surface area contributed by atoms with Crippen molar-refractivity contribution in [2.45, 2.75) is 53.8 Å². The average Bonchev–Trinajstić information content (AvgIpc) is 2.52. The van der Waals surface area contributed by atoms with Crippen LogP contribution in [0.5, 0.6) is 0 Å². The lowest BCUT2D eigenvalue weighted by atomic mass is 9.81. The van der Waals surface area contributed by atoms with Crippen LogP contribution in [-0.4, -0.2) is 64.9 Å². The van der Waals surface area contributed by atoms with Crippen molar-refractivity contribution in [3.63, 3.8) is 0 Å². The minimum absolute atomic E-state index is 0.0909. The van der Waals surface area contributed by atoms with Gasteiger partial charge >= 0.3 is 0 Å². The van der Waals surface area contributed by atoms with E-state index in [9.17, 15) is 20.4 Å². The van der Waals surface area contributed by atoms with E-state index < -0.39 is 23.0 Å². The summed E-state index contributed by atoms with van der Waals surface area (Å²) in [6.45, 7) is 11.5. The highest BCUT2D eigenvalue weighted by Gasteiger charge is 2.32. The van der Waals surface area contributed by atoms with Crippen molar-refractivity contribution in [2.75, 3.05) is 26.3 Å². The summed E-state index contributed by atoms with van der Waals surface area (Å²) in [5.41, 5.74) is -1.14. The van der Waals surface area contributed by atoms with Crippen molar-refractivity contribution >= 4 is 6.01 Å². The molecule has 0 bridgehead atoms. The Labute approximate surface area is 140 Å². The molecule has 23 heavy (non-hydrogen) atoms. The van der Waals surface area contributed by atoms with Crippen LogP contribution in [0.4, 0.5) is 0 Å². The molecule has 4 atom stereocenters. The molecule has 0 heterocycles. The van der Waals surface area contributed by atoms with E-state index in [1.807, 2.05) is 13.8 Å². The van der Waals surface area contributed by atoms with E-state index in [1.165, 1.54) is 0 Å². The number of nitrogens with zero attached hydrogens (tertiary/aromatic N) is 2. The van der Waals surface area contributed by atoms with Crippen LogP contribution in [0.15, 0.2) is 9.98 Å². The SMILES string of the molecule is CC(CN=C=NCC(C)C(O)C(C)(C)CO)C(O)C(C)(C)CO. The van der Waals surface area contributed by atoms with E-state index in [-0.39, 0.29) is 25.0 Å². The number of aliphatic hydroxyl groups excluding tert-OH is 4. The van der Waals surface area contributed by atoms with Crippen molar-refractivity contribution in [1.82, 2.24) is 0 Å². The van der Waals surface area contributed by atoms with Crippen LogP contribution in [0.2, 0.25) is 0 Å². The summed E-state index contributed by atoms with van der Waals surface area (Å²) in [5, 5.41) is 38.8. The predicted octanol–water partition coefficient (Wildman–Crippen LogP) is 1.19. The van der Waals surface area contributed by atoms with Crippen LogP contribution in [0.25, 0.3) is 0 Å². The molecular formula is C17H34N2O4. The summed E-state index contributed by atoms with van der Waals surface area (Å²) in [5.74, 6) is -0.229. The second-order valence-corrected chi connectivity index (χ2v) is 7.92. The van der Waals surface area contributed by atoms with E-state index >= 15 is 0 Å². The molecule has 4 unspecified atom stereocenters. The zero-order valence-electron chi connectivity index (χ0n) is 15.3. The Balaban J connectivity index is 4.45. The maximum Gasteiger partial charge on any atom is 0.0892 e. The molecule has 0 aromatic rings. The van der Waals surface area contributed by atoms with Crippen LogP contribution < -0.4 is 0 Å². The van der Waals surface area contributed by atoms with Gasteiger partial charge in [0.05, 0.1) is 44.5 Å². The highest BCUT2D eigenvalue weighted by atomic mass is 16.3. The third kappa shape index (κ3) is 7.10. The van der Waals surface area contributed by atoms with Gasteiger partial charge in [-0.15, -0.1) is 0 Å². The standard InChI is InChI=1S/C17H34N2O4/c1-12(14(22)16(3,4)9-20)7-18-11-19-8-13(2)15(23)17(5,6)10-21/h12-15,20-23H,7-10H2,1-6H3. The zero-order chi connectivity index (χ0) is 18.3. The topological polar surface area (TPSA) is 106 Å². The van der Waals surface area contributed by atoms with Crippen molar-refractivity contribution in [1.29, 1.82) is 0 Å². The third-order valence-electron chi connectivity index (χ3n) is 4.39. The van der Waals surface area contributed by atoms with Crippen LogP contribution in [0, 0.1) is 22.7 Å². The summed E-state index contributed by atoms with van der Waals surface area (Å²) >= 11 is 0. The molecule has 0 rings (SSSR count). The second kappa shape index (κ2) is 9.50. The predicted molar refractivity (Wildman–Crippen MR) is 91.7 cm³/mol. The first-order chi connectivity index (χ1) is 10.5. The number of aliphatic hydroxyl groups is 4. The Morgan fingerprint density at radius 2 is 1.09 bits per heavy atom. The first kappa shape index (κ1) is 22.2. The van der Waals surface area contributed by atoms with Gasteiger partial charge in [-0.2, -0.15) is 0 Å². The second-order valence-electron chi connectivity index (χ2n) is 7.92. The van der Waals surface area contributed by atoms with Crippen LogP contribution in [0.3, 0.4) is 0 Å². The fraction of sp³-hybridized carbons (Fsp3) is 0.941. The first-order valence-electron chi connectivity index (χ1n) is 8.15. The van der Waals surface area contributed by atoms with Gasteiger partial charge in [0.2, 0.25) is 0 Å². The lowest BCUT2D eigenvalue weighted by Gasteiger charge is -2.32.